The Labute approximate surface area is 125 Å². The van der Waals surface area contributed by atoms with Crippen molar-refractivity contribution in [2.24, 2.45) is 0 Å². The third kappa shape index (κ3) is 3.79. The Morgan fingerprint density at radius 3 is 2.76 bits per heavy atom. The molecule has 0 radical (unpaired) electrons. The second-order valence-electron chi connectivity index (χ2n) is 5.72. The minimum Gasteiger partial charge on any atom is -0.379 e. The molecule has 1 aliphatic heterocycles. The van der Waals surface area contributed by atoms with Crippen LogP contribution in [-0.4, -0.2) is 64.0 Å². The third-order valence-corrected chi connectivity index (χ3v) is 4.39. The van der Waals surface area contributed by atoms with Gasteiger partial charge in [-0.2, -0.15) is 5.10 Å². The lowest BCUT2D eigenvalue weighted by Crippen LogP contribution is -2.57. The van der Waals surface area contributed by atoms with Gasteiger partial charge in [-0.15, -0.1) is 0 Å². The SMILES string of the molecule is CC[C@](C)(CNC(=O)[C@@H](C)n1cncn1)N1CCOCC1. The van der Waals surface area contributed by atoms with Crippen LogP contribution in [0.5, 0.6) is 0 Å². The maximum atomic E-state index is 12.2. The van der Waals surface area contributed by atoms with E-state index in [1.807, 2.05) is 6.92 Å². The van der Waals surface area contributed by atoms with Crippen LogP contribution in [0.15, 0.2) is 12.7 Å². The summed E-state index contributed by atoms with van der Waals surface area (Å²) in [7, 11) is 0. The fourth-order valence-electron chi connectivity index (χ4n) is 2.53. The fourth-order valence-corrected chi connectivity index (χ4v) is 2.53. The first-order chi connectivity index (χ1) is 10.1. The number of ether oxygens (including phenoxy) is 1. The summed E-state index contributed by atoms with van der Waals surface area (Å²) in [5.74, 6) is -0.0339. The zero-order chi connectivity index (χ0) is 15.3. The molecule has 0 bridgehead atoms. The molecule has 0 spiro atoms. The van der Waals surface area contributed by atoms with Crippen LogP contribution in [-0.2, 0) is 9.53 Å². The second-order valence-corrected chi connectivity index (χ2v) is 5.72. The molecule has 0 saturated carbocycles. The molecule has 7 heteroatoms. The molecule has 118 valence electrons. The average molecular weight is 295 g/mol. The van der Waals surface area contributed by atoms with E-state index in [0.29, 0.717) is 6.54 Å². The molecular formula is C14H25N5O2. The molecule has 1 N–H and O–H groups in total. The average Bonchev–Trinajstić information content (AvgIpc) is 3.06. The first-order valence-electron chi connectivity index (χ1n) is 7.51. The van der Waals surface area contributed by atoms with Crippen molar-refractivity contribution >= 4 is 5.91 Å². The van der Waals surface area contributed by atoms with E-state index in [1.165, 1.54) is 6.33 Å². The summed E-state index contributed by atoms with van der Waals surface area (Å²) in [6.07, 6.45) is 3.98. The molecule has 0 unspecified atom stereocenters. The molecule has 2 atom stereocenters. The van der Waals surface area contributed by atoms with Crippen molar-refractivity contribution in [3.8, 4) is 0 Å². The molecule has 1 fully saturated rings. The number of hydrogen-bond acceptors (Lipinski definition) is 5. The first kappa shape index (κ1) is 15.9. The van der Waals surface area contributed by atoms with Gasteiger partial charge in [-0.1, -0.05) is 6.92 Å². The van der Waals surface area contributed by atoms with Crippen LogP contribution < -0.4 is 5.32 Å². The van der Waals surface area contributed by atoms with Gasteiger partial charge >= 0.3 is 0 Å². The Hall–Kier alpha value is -1.47. The summed E-state index contributed by atoms with van der Waals surface area (Å²) < 4.78 is 6.97. The van der Waals surface area contributed by atoms with Crippen molar-refractivity contribution < 1.29 is 9.53 Å². The van der Waals surface area contributed by atoms with Crippen LogP contribution >= 0.6 is 0 Å². The highest BCUT2D eigenvalue weighted by Gasteiger charge is 2.32. The molecule has 21 heavy (non-hydrogen) atoms. The van der Waals surface area contributed by atoms with E-state index in [0.717, 1.165) is 32.7 Å². The van der Waals surface area contributed by atoms with E-state index in [9.17, 15) is 4.79 Å². The lowest BCUT2D eigenvalue weighted by atomic mass is 9.95. The zero-order valence-corrected chi connectivity index (χ0v) is 13.1. The number of hydrogen-bond donors (Lipinski definition) is 1. The Morgan fingerprint density at radius 2 is 2.19 bits per heavy atom. The highest BCUT2D eigenvalue weighted by molar-refractivity contribution is 5.79. The van der Waals surface area contributed by atoms with Gasteiger partial charge in [0.25, 0.3) is 0 Å². The van der Waals surface area contributed by atoms with Gasteiger partial charge in [0.05, 0.1) is 13.2 Å². The number of carbonyl (C=O) groups is 1. The van der Waals surface area contributed by atoms with Crippen LogP contribution in [0.3, 0.4) is 0 Å². The van der Waals surface area contributed by atoms with E-state index in [2.05, 4.69) is 34.1 Å². The molecule has 2 heterocycles. The highest BCUT2D eigenvalue weighted by Crippen LogP contribution is 2.20. The van der Waals surface area contributed by atoms with Gasteiger partial charge in [-0.05, 0) is 20.3 Å². The van der Waals surface area contributed by atoms with Crippen molar-refractivity contribution in [2.75, 3.05) is 32.8 Å². The van der Waals surface area contributed by atoms with Crippen molar-refractivity contribution in [1.29, 1.82) is 0 Å². The van der Waals surface area contributed by atoms with Crippen LogP contribution in [0.1, 0.15) is 33.2 Å². The monoisotopic (exact) mass is 295 g/mol. The maximum absolute atomic E-state index is 12.2. The molecule has 1 aromatic rings. The van der Waals surface area contributed by atoms with E-state index >= 15 is 0 Å². The molecule has 0 aliphatic carbocycles. The van der Waals surface area contributed by atoms with Crippen LogP contribution in [0, 0.1) is 0 Å². The topological polar surface area (TPSA) is 72.3 Å². The highest BCUT2D eigenvalue weighted by atomic mass is 16.5. The first-order valence-corrected chi connectivity index (χ1v) is 7.51. The van der Waals surface area contributed by atoms with Gasteiger partial charge in [0.2, 0.25) is 5.91 Å². The predicted octanol–water partition coefficient (Wildman–Crippen LogP) is 0.456. The molecule has 1 aromatic heterocycles. The van der Waals surface area contributed by atoms with Gasteiger partial charge in [-0.25, -0.2) is 9.67 Å². The number of morpholine rings is 1. The second kappa shape index (κ2) is 7.00. The third-order valence-electron chi connectivity index (χ3n) is 4.39. The van der Waals surface area contributed by atoms with E-state index in [4.69, 9.17) is 4.74 Å². The summed E-state index contributed by atoms with van der Waals surface area (Å²) in [4.78, 5) is 18.5. The van der Waals surface area contributed by atoms with Crippen LogP contribution in [0.25, 0.3) is 0 Å². The summed E-state index contributed by atoms with van der Waals surface area (Å²) in [6.45, 7) is 10.2. The lowest BCUT2D eigenvalue weighted by molar-refractivity contribution is -0.125. The van der Waals surface area contributed by atoms with Gasteiger partial charge in [0, 0.05) is 25.2 Å². The normalized spacial score (nSPS) is 20.7. The lowest BCUT2D eigenvalue weighted by Gasteiger charge is -2.43. The largest absolute Gasteiger partial charge is 0.379 e. The molecule has 2 rings (SSSR count). The summed E-state index contributed by atoms with van der Waals surface area (Å²) in [5.41, 5.74) is -0.0402. The molecule has 1 aliphatic rings. The molecular weight excluding hydrogens is 270 g/mol. The Balaban J connectivity index is 1.91. The standard InChI is InChI=1S/C14H25N5O2/c1-4-14(3,18-5-7-21-8-6-18)9-16-13(20)12(2)19-11-15-10-17-19/h10-12H,4-9H2,1-3H3,(H,16,20)/t12-,14-/m1/s1. The number of nitrogens with one attached hydrogen (secondary N) is 1. The summed E-state index contributed by atoms with van der Waals surface area (Å²) in [5, 5.41) is 7.06. The minimum atomic E-state index is -0.349. The Bertz CT molecular complexity index is 444. The summed E-state index contributed by atoms with van der Waals surface area (Å²) >= 11 is 0. The summed E-state index contributed by atoms with van der Waals surface area (Å²) in [6, 6.07) is -0.349. The maximum Gasteiger partial charge on any atom is 0.244 e. The quantitative estimate of drug-likeness (QED) is 0.825. The van der Waals surface area contributed by atoms with Crippen molar-refractivity contribution in [2.45, 2.75) is 38.8 Å². The van der Waals surface area contributed by atoms with E-state index in [-0.39, 0.29) is 17.5 Å². The zero-order valence-electron chi connectivity index (χ0n) is 13.1. The molecule has 0 aromatic carbocycles. The van der Waals surface area contributed by atoms with Crippen LogP contribution in [0.2, 0.25) is 0 Å². The smallest absolute Gasteiger partial charge is 0.244 e. The number of carbonyl (C=O) groups excluding carboxylic acids is 1. The molecule has 1 saturated heterocycles. The minimum absolute atomic E-state index is 0.0339. The number of amides is 1. The van der Waals surface area contributed by atoms with Gasteiger partial charge in [0.15, 0.2) is 0 Å². The Morgan fingerprint density at radius 1 is 1.48 bits per heavy atom. The number of aromatic nitrogens is 3. The molecule has 1 amide bonds. The van der Waals surface area contributed by atoms with Crippen molar-refractivity contribution in [3.05, 3.63) is 12.7 Å². The van der Waals surface area contributed by atoms with E-state index < -0.39 is 0 Å². The van der Waals surface area contributed by atoms with Gasteiger partial charge < -0.3 is 10.1 Å². The number of nitrogens with zero attached hydrogens (tertiary/aromatic N) is 4. The molecule has 7 nitrogen and oxygen atoms in total. The Kier molecular flexibility index (Phi) is 5.30. The van der Waals surface area contributed by atoms with E-state index in [1.54, 1.807) is 11.0 Å². The van der Waals surface area contributed by atoms with Crippen molar-refractivity contribution in [3.63, 3.8) is 0 Å². The van der Waals surface area contributed by atoms with Crippen LogP contribution in [0.4, 0.5) is 0 Å². The number of rotatable bonds is 6. The predicted molar refractivity (Wildman–Crippen MR) is 78.8 cm³/mol. The fraction of sp³-hybridized carbons (Fsp3) is 0.786. The van der Waals surface area contributed by atoms with Gasteiger partial charge in [0.1, 0.15) is 18.7 Å². The van der Waals surface area contributed by atoms with Crippen molar-refractivity contribution in [1.82, 2.24) is 25.0 Å². The van der Waals surface area contributed by atoms with Gasteiger partial charge in [-0.3, -0.25) is 9.69 Å².